The maximum atomic E-state index is 13.9. The number of nitrogens with zero attached hydrogens (tertiary/aromatic N) is 1. The first-order valence-electron chi connectivity index (χ1n) is 12.4. The first-order valence-corrected chi connectivity index (χ1v) is 14.2. The van der Waals surface area contributed by atoms with Crippen LogP contribution in [0.2, 0.25) is 0 Å². The summed E-state index contributed by atoms with van der Waals surface area (Å²) in [6.45, 7) is 0.543. The number of fused-ring (bicyclic) bond motifs is 1. The van der Waals surface area contributed by atoms with E-state index in [1.54, 1.807) is 48.0 Å². The van der Waals surface area contributed by atoms with Crippen molar-refractivity contribution in [3.05, 3.63) is 60.2 Å². The molecule has 8 nitrogen and oxygen atoms in total. The predicted molar refractivity (Wildman–Crippen MR) is 146 cm³/mol. The molecule has 0 saturated carbocycles. The zero-order valence-electron chi connectivity index (χ0n) is 20.4. The predicted octanol–water partition coefficient (Wildman–Crippen LogP) is 2.80. The highest BCUT2D eigenvalue weighted by Crippen LogP contribution is 2.67. The number of hydrogen-bond acceptors (Lipinski definition) is 6. The molecule has 3 N–H and O–H groups in total. The van der Waals surface area contributed by atoms with Crippen LogP contribution in [0.15, 0.2) is 54.6 Å². The number of hydrogen-bond donors (Lipinski definition) is 3. The lowest BCUT2D eigenvalue weighted by Crippen LogP contribution is -2.53. The first-order chi connectivity index (χ1) is 17.9. The van der Waals surface area contributed by atoms with Crippen molar-refractivity contribution in [1.82, 2.24) is 10.2 Å². The van der Waals surface area contributed by atoms with Crippen molar-refractivity contribution in [2.24, 2.45) is 11.8 Å². The number of ether oxygens (including phenoxy) is 1. The fourth-order valence-electron chi connectivity index (χ4n) is 6.00. The van der Waals surface area contributed by atoms with Crippen molar-refractivity contribution in [3.63, 3.8) is 0 Å². The Bertz CT molecular complexity index is 1170. The molecule has 3 fully saturated rings. The second-order valence-electron chi connectivity index (χ2n) is 9.69. The van der Waals surface area contributed by atoms with E-state index in [1.807, 2.05) is 30.3 Å². The fourth-order valence-corrected chi connectivity index (χ4v) is 9.61. The van der Waals surface area contributed by atoms with Crippen molar-refractivity contribution >= 4 is 51.1 Å². The molecular formula is C27H30BrN3O5S. The average Bonchev–Trinajstić information content (AvgIpc) is 3.50. The summed E-state index contributed by atoms with van der Waals surface area (Å²) < 4.78 is 4.48. The number of nitrogens with one attached hydrogen (secondary N) is 2. The van der Waals surface area contributed by atoms with Crippen molar-refractivity contribution in [3.8, 4) is 5.75 Å². The van der Waals surface area contributed by atoms with Crippen molar-refractivity contribution in [1.29, 1.82) is 0 Å². The molecule has 3 unspecified atom stereocenters. The normalized spacial score (nSPS) is 29.8. The van der Waals surface area contributed by atoms with Gasteiger partial charge in [0.1, 0.15) is 11.8 Å². The number of thioether (sulfide) groups is 1. The molecule has 2 bridgehead atoms. The van der Waals surface area contributed by atoms with E-state index in [1.165, 1.54) is 0 Å². The molecule has 10 heteroatoms. The van der Waals surface area contributed by atoms with Crippen LogP contribution in [-0.2, 0) is 20.9 Å². The molecule has 3 heterocycles. The summed E-state index contributed by atoms with van der Waals surface area (Å²) >= 11 is 5.36. The van der Waals surface area contributed by atoms with E-state index < -0.39 is 22.6 Å². The summed E-state index contributed by atoms with van der Waals surface area (Å²) in [5, 5.41) is 15.4. The Morgan fingerprint density at radius 3 is 2.57 bits per heavy atom. The Kier molecular flexibility index (Phi) is 7.51. The highest BCUT2D eigenvalue weighted by atomic mass is 79.9. The molecule has 2 aromatic rings. The van der Waals surface area contributed by atoms with E-state index in [-0.39, 0.29) is 41.0 Å². The molecule has 196 valence electrons. The lowest BCUT2D eigenvalue weighted by atomic mass is 9.70. The van der Waals surface area contributed by atoms with Gasteiger partial charge in [-0.3, -0.25) is 14.4 Å². The van der Waals surface area contributed by atoms with Gasteiger partial charge in [-0.15, -0.1) is 11.8 Å². The standard InChI is InChI=1S/C27H30BrN3O5S/c1-36-18-10-8-17(9-11-18)30-25(34)23-27-14-19(28)22(37-27)20(21(27)26(35)31(23)12-5-13-32)24(33)29-15-16-6-3-2-4-7-16/h2-4,6-11,19-23,32H,5,12-15H2,1H3,(H,29,33)(H,30,34)/t19?,20-,21-,22-,23?,27?/m0/s1. The van der Waals surface area contributed by atoms with E-state index in [4.69, 9.17) is 4.74 Å². The van der Waals surface area contributed by atoms with Gasteiger partial charge < -0.3 is 25.4 Å². The van der Waals surface area contributed by atoms with E-state index in [2.05, 4.69) is 26.6 Å². The minimum atomic E-state index is -0.749. The highest BCUT2D eigenvalue weighted by molar-refractivity contribution is 9.09. The van der Waals surface area contributed by atoms with Crippen LogP contribution in [0, 0.1) is 11.8 Å². The summed E-state index contributed by atoms with van der Waals surface area (Å²) in [7, 11) is 1.58. The molecule has 6 atom stereocenters. The van der Waals surface area contributed by atoms with Gasteiger partial charge in [-0.1, -0.05) is 46.3 Å². The molecule has 0 aromatic heterocycles. The number of carbonyl (C=O) groups is 3. The number of benzene rings is 2. The summed E-state index contributed by atoms with van der Waals surface area (Å²) in [5.41, 5.74) is 1.58. The van der Waals surface area contributed by atoms with Gasteiger partial charge in [0.15, 0.2) is 0 Å². The molecule has 5 rings (SSSR count). The molecule has 3 aliphatic heterocycles. The topological polar surface area (TPSA) is 108 Å². The summed E-state index contributed by atoms with van der Waals surface area (Å²) in [6.07, 6.45) is 0.967. The van der Waals surface area contributed by atoms with Gasteiger partial charge in [-0.05, 0) is 42.7 Å². The van der Waals surface area contributed by atoms with Crippen LogP contribution in [0.3, 0.4) is 0 Å². The molecular weight excluding hydrogens is 558 g/mol. The third-order valence-corrected chi connectivity index (χ3v) is 10.8. The quantitative estimate of drug-likeness (QED) is 0.389. The highest BCUT2D eigenvalue weighted by Gasteiger charge is 2.75. The number of rotatable bonds is 9. The van der Waals surface area contributed by atoms with Crippen LogP contribution in [-0.4, -0.2) is 68.9 Å². The van der Waals surface area contributed by atoms with Crippen molar-refractivity contribution < 1.29 is 24.2 Å². The molecule has 3 saturated heterocycles. The molecule has 37 heavy (non-hydrogen) atoms. The second-order valence-corrected chi connectivity index (χ2v) is 12.4. The minimum Gasteiger partial charge on any atom is -0.497 e. The number of aliphatic hydroxyl groups excluding tert-OH is 1. The second kappa shape index (κ2) is 10.7. The molecule has 3 amide bonds. The minimum absolute atomic E-state index is 0.00287. The summed E-state index contributed by atoms with van der Waals surface area (Å²) in [5.74, 6) is -1.10. The van der Waals surface area contributed by atoms with Crippen LogP contribution >= 0.6 is 27.7 Å². The molecule has 0 aliphatic carbocycles. The summed E-state index contributed by atoms with van der Waals surface area (Å²) in [6, 6.07) is 15.9. The van der Waals surface area contributed by atoms with Gasteiger partial charge in [0.2, 0.25) is 17.7 Å². The van der Waals surface area contributed by atoms with Crippen LogP contribution < -0.4 is 15.4 Å². The van der Waals surface area contributed by atoms with Gasteiger partial charge in [0, 0.05) is 35.5 Å². The smallest absolute Gasteiger partial charge is 0.248 e. The number of alkyl halides is 1. The van der Waals surface area contributed by atoms with E-state index in [0.29, 0.717) is 30.8 Å². The maximum Gasteiger partial charge on any atom is 0.248 e. The van der Waals surface area contributed by atoms with Gasteiger partial charge in [-0.2, -0.15) is 0 Å². The van der Waals surface area contributed by atoms with Gasteiger partial charge >= 0.3 is 0 Å². The summed E-state index contributed by atoms with van der Waals surface area (Å²) in [4.78, 5) is 42.8. The maximum absolute atomic E-state index is 13.9. The Balaban J connectivity index is 1.42. The number of halogens is 1. The molecule has 1 spiro atoms. The van der Waals surface area contributed by atoms with Gasteiger partial charge in [0.05, 0.1) is 23.7 Å². The number of amides is 3. The number of carbonyl (C=O) groups excluding carboxylic acids is 3. The van der Waals surface area contributed by atoms with Gasteiger partial charge in [-0.25, -0.2) is 0 Å². The largest absolute Gasteiger partial charge is 0.497 e. The van der Waals surface area contributed by atoms with E-state index in [9.17, 15) is 19.5 Å². The lowest BCUT2D eigenvalue weighted by molar-refractivity contribution is -0.139. The van der Waals surface area contributed by atoms with Crippen LogP contribution in [0.25, 0.3) is 0 Å². The van der Waals surface area contributed by atoms with Crippen molar-refractivity contribution in [2.75, 3.05) is 25.6 Å². The Labute approximate surface area is 228 Å². The van der Waals surface area contributed by atoms with Gasteiger partial charge in [0.25, 0.3) is 0 Å². The van der Waals surface area contributed by atoms with Crippen LogP contribution in [0.4, 0.5) is 5.69 Å². The average molecular weight is 589 g/mol. The number of methoxy groups -OCH3 is 1. The third kappa shape index (κ3) is 4.64. The first kappa shape index (κ1) is 26.1. The zero-order chi connectivity index (χ0) is 26.2. The fraction of sp³-hybridized carbons (Fsp3) is 0.444. The van der Waals surface area contributed by atoms with E-state index >= 15 is 0 Å². The molecule has 2 aromatic carbocycles. The van der Waals surface area contributed by atoms with Crippen LogP contribution in [0.1, 0.15) is 18.4 Å². The Hall–Kier alpha value is -2.56. The van der Waals surface area contributed by atoms with Crippen LogP contribution in [0.5, 0.6) is 5.75 Å². The Morgan fingerprint density at radius 2 is 1.89 bits per heavy atom. The number of aliphatic hydroxyl groups is 1. The zero-order valence-corrected chi connectivity index (χ0v) is 22.8. The molecule has 0 radical (unpaired) electrons. The molecule has 3 aliphatic rings. The van der Waals surface area contributed by atoms with Crippen molar-refractivity contribution in [2.45, 2.75) is 40.3 Å². The third-order valence-electron chi connectivity index (χ3n) is 7.56. The number of likely N-dealkylation sites (tertiary alicyclic amines) is 1. The number of anilines is 1. The Morgan fingerprint density at radius 1 is 1.16 bits per heavy atom. The SMILES string of the molecule is COc1ccc(NC(=O)C2N(CCCO)C(=O)[C@@H]3[C@H](C(=O)NCc4ccccc4)[C@H]4SC23CC4Br)cc1. The van der Waals surface area contributed by atoms with E-state index in [0.717, 1.165) is 5.56 Å². The lowest BCUT2D eigenvalue weighted by Gasteiger charge is -2.35. The monoisotopic (exact) mass is 587 g/mol.